The van der Waals surface area contributed by atoms with Gasteiger partial charge in [-0.25, -0.2) is 0 Å². The summed E-state index contributed by atoms with van der Waals surface area (Å²) < 4.78 is 12.7. The van der Waals surface area contributed by atoms with E-state index in [2.05, 4.69) is 10.4 Å². The topological polar surface area (TPSA) is 100 Å². The molecule has 0 aliphatic heterocycles. The number of rotatable bonds is 9. The number of ether oxygens (including phenoxy) is 2. The fourth-order valence-electron chi connectivity index (χ4n) is 1.79. The third-order valence-electron chi connectivity index (χ3n) is 2.83. The first-order chi connectivity index (χ1) is 9.62. The smallest absolute Gasteiger partial charge is 0.174 e. The van der Waals surface area contributed by atoms with Gasteiger partial charge in [0.25, 0.3) is 0 Å². The maximum Gasteiger partial charge on any atom is 0.174 e. The highest BCUT2D eigenvalue weighted by Gasteiger charge is 2.14. The predicted molar refractivity (Wildman–Crippen MR) is 78.7 cm³/mol. The van der Waals surface area contributed by atoms with E-state index in [4.69, 9.17) is 20.9 Å². The maximum atomic E-state index is 5.67. The van der Waals surface area contributed by atoms with Crippen molar-refractivity contribution in [1.29, 1.82) is 0 Å². The van der Waals surface area contributed by atoms with Gasteiger partial charge in [0.1, 0.15) is 0 Å². The molecular formula is C13H25N5O2. The van der Waals surface area contributed by atoms with Gasteiger partial charge in [0.05, 0.1) is 30.2 Å². The highest BCUT2D eigenvalue weighted by Crippen LogP contribution is 2.14. The van der Waals surface area contributed by atoms with Crippen molar-refractivity contribution in [3.8, 4) is 0 Å². The Kier molecular flexibility index (Phi) is 6.89. The van der Waals surface area contributed by atoms with E-state index in [-0.39, 0.29) is 12.3 Å². The molecule has 0 aliphatic carbocycles. The van der Waals surface area contributed by atoms with Crippen molar-refractivity contribution in [2.75, 3.05) is 25.5 Å². The molecule has 1 aromatic rings. The molecule has 0 spiro atoms. The molecule has 1 unspecified atom stereocenters. The summed E-state index contributed by atoms with van der Waals surface area (Å²) in [6.07, 6.45) is 4.60. The molecule has 0 aromatic carbocycles. The first-order valence-electron chi connectivity index (χ1n) is 6.80. The molecule has 1 heterocycles. The first kappa shape index (κ1) is 16.3. The zero-order valence-electron chi connectivity index (χ0n) is 12.4. The molecule has 114 valence electrons. The van der Waals surface area contributed by atoms with Crippen molar-refractivity contribution in [3.63, 3.8) is 0 Å². The summed E-state index contributed by atoms with van der Waals surface area (Å²) in [6.45, 7) is 7.56. The Balaban J connectivity index is 2.58. The van der Waals surface area contributed by atoms with Crippen LogP contribution in [0.25, 0.3) is 0 Å². The van der Waals surface area contributed by atoms with Gasteiger partial charge in [-0.2, -0.15) is 5.10 Å². The van der Waals surface area contributed by atoms with Gasteiger partial charge in [0, 0.05) is 25.6 Å². The van der Waals surface area contributed by atoms with E-state index in [0.29, 0.717) is 25.4 Å². The summed E-state index contributed by atoms with van der Waals surface area (Å²) in [5, 5.41) is 7.41. The number of hydrogen-bond donors (Lipinski definition) is 3. The van der Waals surface area contributed by atoms with Gasteiger partial charge in [-0.05, 0) is 20.8 Å². The van der Waals surface area contributed by atoms with Gasteiger partial charge in [0.15, 0.2) is 6.29 Å². The molecule has 0 aliphatic rings. The zero-order valence-corrected chi connectivity index (χ0v) is 12.4. The third-order valence-corrected chi connectivity index (χ3v) is 2.83. The molecule has 0 bridgehead atoms. The minimum absolute atomic E-state index is 0.0406. The molecule has 0 saturated carbocycles. The summed E-state index contributed by atoms with van der Waals surface area (Å²) in [5.74, 6) is 0. The molecule has 7 nitrogen and oxygen atoms in total. The number of hydrogen-bond acceptors (Lipinski definition) is 6. The maximum absolute atomic E-state index is 5.67. The van der Waals surface area contributed by atoms with E-state index in [1.54, 1.807) is 17.1 Å². The zero-order chi connectivity index (χ0) is 15.0. The van der Waals surface area contributed by atoms with Crippen molar-refractivity contribution >= 4 is 5.69 Å². The molecule has 5 N–H and O–H groups in total. The van der Waals surface area contributed by atoms with Gasteiger partial charge < -0.3 is 26.3 Å². The standard InChI is InChI=1S/C13H25N5O2/c1-4-19-13(20-5-2)8-16-12(6-14)10(3)18-9-11(15)7-17-18/h6-7,9-10,13,16H,4-5,8,14-15H2,1-3H3/b12-6-. The minimum atomic E-state index is -0.296. The minimum Gasteiger partial charge on any atom is -0.403 e. The van der Waals surface area contributed by atoms with Crippen LogP contribution < -0.4 is 16.8 Å². The summed E-state index contributed by atoms with van der Waals surface area (Å²) in [7, 11) is 0. The highest BCUT2D eigenvalue weighted by atomic mass is 16.7. The molecule has 0 amide bonds. The van der Waals surface area contributed by atoms with E-state index in [1.807, 2.05) is 20.8 Å². The van der Waals surface area contributed by atoms with E-state index in [9.17, 15) is 0 Å². The molecular weight excluding hydrogens is 258 g/mol. The summed E-state index contributed by atoms with van der Waals surface area (Å²) >= 11 is 0. The molecule has 1 rings (SSSR count). The van der Waals surface area contributed by atoms with Crippen LogP contribution >= 0.6 is 0 Å². The SMILES string of the molecule is CCOC(CN/C(=C\N)C(C)n1cc(N)cn1)OCC. The van der Waals surface area contributed by atoms with Gasteiger partial charge >= 0.3 is 0 Å². The quantitative estimate of drug-likeness (QED) is 0.580. The van der Waals surface area contributed by atoms with Crippen LogP contribution in [0.5, 0.6) is 0 Å². The Morgan fingerprint density at radius 3 is 2.55 bits per heavy atom. The summed E-state index contributed by atoms with van der Waals surface area (Å²) in [5.41, 5.74) is 12.8. The van der Waals surface area contributed by atoms with Gasteiger partial charge in [-0.1, -0.05) is 0 Å². The monoisotopic (exact) mass is 283 g/mol. The molecule has 0 radical (unpaired) electrons. The molecule has 1 aromatic heterocycles. The van der Waals surface area contributed by atoms with E-state index < -0.39 is 0 Å². The number of nitrogens with zero attached hydrogens (tertiary/aromatic N) is 2. The van der Waals surface area contributed by atoms with Crippen molar-refractivity contribution in [3.05, 3.63) is 24.3 Å². The Bertz CT molecular complexity index is 413. The molecule has 1 atom stereocenters. The van der Waals surface area contributed by atoms with Crippen LogP contribution in [-0.2, 0) is 9.47 Å². The molecule has 7 heteroatoms. The first-order valence-corrected chi connectivity index (χ1v) is 6.80. The van der Waals surface area contributed by atoms with Crippen LogP contribution in [0.3, 0.4) is 0 Å². The molecule has 20 heavy (non-hydrogen) atoms. The van der Waals surface area contributed by atoms with Crippen LogP contribution in [0.2, 0.25) is 0 Å². The molecule has 0 fully saturated rings. The van der Waals surface area contributed by atoms with Crippen molar-refractivity contribution < 1.29 is 9.47 Å². The lowest BCUT2D eigenvalue weighted by molar-refractivity contribution is -0.132. The normalized spacial score (nSPS) is 13.7. The highest BCUT2D eigenvalue weighted by molar-refractivity contribution is 5.31. The van der Waals surface area contributed by atoms with Crippen LogP contribution in [0, 0.1) is 0 Å². The fraction of sp³-hybridized carbons (Fsp3) is 0.615. The second-order valence-corrected chi connectivity index (χ2v) is 4.27. The largest absolute Gasteiger partial charge is 0.403 e. The number of nitrogen functional groups attached to an aromatic ring is 1. The fourth-order valence-corrected chi connectivity index (χ4v) is 1.79. The van der Waals surface area contributed by atoms with Crippen LogP contribution in [0.15, 0.2) is 24.3 Å². The molecule has 0 saturated heterocycles. The number of nitrogens with one attached hydrogen (secondary N) is 1. The Hall–Kier alpha value is -1.73. The second-order valence-electron chi connectivity index (χ2n) is 4.27. The lowest BCUT2D eigenvalue weighted by Gasteiger charge is -2.22. The van der Waals surface area contributed by atoms with Crippen LogP contribution in [-0.4, -0.2) is 35.8 Å². The Labute approximate surface area is 119 Å². The Morgan fingerprint density at radius 1 is 1.45 bits per heavy atom. The number of allylic oxidation sites excluding steroid dienone is 1. The van der Waals surface area contributed by atoms with Gasteiger partial charge in [0.2, 0.25) is 0 Å². The van der Waals surface area contributed by atoms with E-state index in [0.717, 1.165) is 5.70 Å². The second kappa shape index (κ2) is 8.44. The predicted octanol–water partition coefficient (Wildman–Crippen LogP) is 0.815. The van der Waals surface area contributed by atoms with Crippen LogP contribution in [0.1, 0.15) is 26.8 Å². The average molecular weight is 283 g/mol. The van der Waals surface area contributed by atoms with Gasteiger partial charge in [-0.15, -0.1) is 0 Å². The van der Waals surface area contributed by atoms with Crippen molar-refractivity contribution in [1.82, 2.24) is 15.1 Å². The average Bonchev–Trinajstić information content (AvgIpc) is 2.86. The summed E-state index contributed by atoms with van der Waals surface area (Å²) in [6, 6.07) is -0.0406. The van der Waals surface area contributed by atoms with Crippen LogP contribution in [0.4, 0.5) is 5.69 Å². The van der Waals surface area contributed by atoms with E-state index >= 15 is 0 Å². The Morgan fingerprint density at radius 2 is 2.10 bits per heavy atom. The lowest BCUT2D eigenvalue weighted by Crippen LogP contribution is -2.33. The third kappa shape index (κ3) is 4.75. The number of anilines is 1. The lowest BCUT2D eigenvalue weighted by atomic mass is 10.2. The van der Waals surface area contributed by atoms with Crippen molar-refractivity contribution in [2.45, 2.75) is 33.1 Å². The number of nitrogens with two attached hydrogens (primary N) is 2. The van der Waals surface area contributed by atoms with E-state index in [1.165, 1.54) is 6.20 Å². The van der Waals surface area contributed by atoms with Crippen molar-refractivity contribution in [2.24, 2.45) is 5.73 Å². The van der Waals surface area contributed by atoms with Gasteiger partial charge in [-0.3, -0.25) is 4.68 Å². The summed E-state index contributed by atoms with van der Waals surface area (Å²) in [4.78, 5) is 0. The number of aromatic nitrogens is 2.